The minimum Gasteiger partial charge on any atom is -0.355 e. The number of benzene rings is 2. The van der Waals surface area contributed by atoms with Crippen LogP contribution in [0, 0.1) is 16.0 Å². The number of carbonyl (C=O) groups is 2. The second-order valence-corrected chi connectivity index (χ2v) is 6.89. The summed E-state index contributed by atoms with van der Waals surface area (Å²) >= 11 is 5.87. The number of nitrogens with zero attached hydrogens (tertiary/aromatic N) is 2. The van der Waals surface area contributed by atoms with E-state index >= 15 is 0 Å². The van der Waals surface area contributed by atoms with Gasteiger partial charge in [-0.05, 0) is 29.8 Å². The van der Waals surface area contributed by atoms with E-state index in [4.69, 9.17) is 11.6 Å². The molecule has 0 saturated carbocycles. The van der Waals surface area contributed by atoms with Gasteiger partial charge in [0.15, 0.2) is 0 Å². The molecule has 140 valence electrons. The van der Waals surface area contributed by atoms with E-state index in [0.29, 0.717) is 30.1 Å². The van der Waals surface area contributed by atoms with Crippen LogP contribution in [0.5, 0.6) is 0 Å². The number of halogens is 1. The number of carbonyl (C=O) groups excluding carboxylic acids is 2. The molecule has 2 aromatic carbocycles. The predicted molar refractivity (Wildman–Crippen MR) is 102 cm³/mol. The van der Waals surface area contributed by atoms with Crippen LogP contribution in [0.3, 0.4) is 0 Å². The molecule has 1 aliphatic heterocycles. The van der Waals surface area contributed by atoms with E-state index in [-0.39, 0.29) is 29.8 Å². The number of anilines is 1. The predicted octanol–water partition coefficient (Wildman–Crippen LogP) is 2.96. The lowest BCUT2D eigenvalue weighted by Gasteiger charge is -2.17. The normalized spacial score (nSPS) is 16.4. The monoisotopic (exact) mass is 387 g/mol. The molecule has 0 spiro atoms. The molecule has 3 rings (SSSR count). The Morgan fingerprint density at radius 1 is 1.19 bits per heavy atom. The molecule has 1 saturated heterocycles. The van der Waals surface area contributed by atoms with Crippen molar-refractivity contribution in [2.24, 2.45) is 5.92 Å². The topological polar surface area (TPSA) is 92.5 Å². The number of amides is 2. The average Bonchev–Trinajstić information content (AvgIpc) is 3.02. The van der Waals surface area contributed by atoms with E-state index in [1.165, 1.54) is 12.1 Å². The zero-order chi connectivity index (χ0) is 19.4. The first-order valence-corrected chi connectivity index (χ1v) is 8.86. The van der Waals surface area contributed by atoms with Gasteiger partial charge in [0, 0.05) is 48.3 Å². The largest absolute Gasteiger partial charge is 0.355 e. The smallest absolute Gasteiger partial charge is 0.269 e. The van der Waals surface area contributed by atoms with E-state index in [0.717, 1.165) is 5.69 Å². The molecule has 27 heavy (non-hydrogen) atoms. The molecule has 7 nitrogen and oxygen atoms in total. The first-order valence-electron chi connectivity index (χ1n) is 8.48. The third-order valence-electron chi connectivity index (χ3n) is 4.44. The van der Waals surface area contributed by atoms with Crippen molar-refractivity contribution < 1.29 is 14.5 Å². The summed E-state index contributed by atoms with van der Waals surface area (Å²) in [5.41, 5.74) is 1.48. The lowest BCUT2D eigenvalue weighted by molar-refractivity contribution is -0.384. The number of hydrogen-bond acceptors (Lipinski definition) is 4. The summed E-state index contributed by atoms with van der Waals surface area (Å²) in [7, 11) is 0. The van der Waals surface area contributed by atoms with Crippen LogP contribution in [0.15, 0.2) is 48.5 Å². The molecule has 0 aliphatic carbocycles. The number of nitro groups is 1. The Bertz CT molecular complexity index is 852. The van der Waals surface area contributed by atoms with E-state index in [1.807, 2.05) is 0 Å². The van der Waals surface area contributed by atoms with Gasteiger partial charge in [0.2, 0.25) is 11.8 Å². The van der Waals surface area contributed by atoms with Gasteiger partial charge in [-0.15, -0.1) is 0 Å². The van der Waals surface area contributed by atoms with Gasteiger partial charge >= 0.3 is 0 Å². The molecule has 2 amide bonds. The minimum atomic E-state index is -0.479. The van der Waals surface area contributed by atoms with Crippen LogP contribution in [-0.2, 0) is 16.0 Å². The SMILES string of the molecule is O=C(Cc1ccc([N+](=O)[O-])cc1)NCC1CC(=O)N(c2ccc(Cl)cc2)C1. The quantitative estimate of drug-likeness (QED) is 0.609. The standard InChI is InChI=1S/C19H18ClN3O4/c20-15-3-7-16(8-4-15)22-12-14(10-19(22)25)11-21-18(24)9-13-1-5-17(6-2-13)23(26)27/h1-8,14H,9-12H2,(H,21,24). The molecular weight excluding hydrogens is 370 g/mol. The van der Waals surface area contributed by atoms with Crippen molar-refractivity contribution in [3.63, 3.8) is 0 Å². The summed E-state index contributed by atoms with van der Waals surface area (Å²) in [4.78, 5) is 36.2. The third-order valence-corrected chi connectivity index (χ3v) is 4.70. The average molecular weight is 388 g/mol. The van der Waals surface area contributed by atoms with Crippen molar-refractivity contribution >= 4 is 34.8 Å². The van der Waals surface area contributed by atoms with Crippen molar-refractivity contribution in [1.29, 1.82) is 0 Å². The molecule has 0 bridgehead atoms. The van der Waals surface area contributed by atoms with Crippen LogP contribution in [-0.4, -0.2) is 29.8 Å². The fraction of sp³-hybridized carbons (Fsp3) is 0.263. The molecule has 8 heteroatoms. The zero-order valence-electron chi connectivity index (χ0n) is 14.4. The minimum absolute atomic E-state index is 0.00841. The van der Waals surface area contributed by atoms with E-state index in [1.54, 1.807) is 41.3 Å². The van der Waals surface area contributed by atoms with Gasteiger partial charge < -0.3 is 10.2 Å². The Morgan fingerprint density at radius 2 is 1.85 bits per heavy atom. The zero-order valence-corrected chi connectivity index (χ0v) is 15.2. The van der Waals surface area contributed by atoms with E-state index in [2.05, 4.69) is 5.32 Å². The maximum absolute atomic E-state index is 12.2. The van der Waals surface area contributed by atoms with Gasteiger partial charge in [0.05, 0.1) is 11.3 Å². The molecule has 1 unspecified atom stereocenters. The number of rotatable bonds is 6. The number of nitrogens with one attached hydrogen (secondary N) is 1. The summed E-state index contributed by atoms with van der Waals surface area (Å²) in [5.74, 6) is -0.123. The third kappa shape index (κ3) is 4.83. The Kier molecular flexibility index (Phi) is 5.71. The summed E-state index contributed by atoms with van der Waals surface area (Å²) in [6.45, 7) is 0.944. The number of non-ortho nitro benzene ring substituents is 1. The van der Waals surface area contributed by atoms with Gasteiger partial charge in [0.1, 0.15) is 0 Å². The highest BCUT2D eigenvalue weighted by Crippen LogP contribution is 2.26. The highest BCUT2D eigenvalue weighted by atomic mass is 35.5. The highest BCUT2D eigenvalue weighted by Gasteiger charge is 2.30. The molecule has 0 aromatic heterocycles. The fourth-order valence-electron chi connectivity index (χ4n) is 3.03. The van der Waals surface area contributed by atoms with Crippen molar-refractivity contribution in [3.05, 3.63) is 69.2 Å². The molecule has 1 atom stereocenters. The molecule has 1 heterocycles. The Morgan fingerprint density at radius 3 is 2.48 bits per heavy atom. The van der Waals surface area contributed by atoms with Crippen LogP contribution < -0.4 is 10.2 Å². The summed E-state index contributed by atoms with van der Waals surface area (Å²) in [5, 5.41) is 14.1. The van der Waals surface area contributed by atoms with Gasteiger partial charge in [-0.3, -0.25) is 19.7 Å². The van der Waals surface area contributed by atoms with Crippen LogP contribution in [0.2, 0.25) is 5.02 Å². The molecule has 0 radical (unpaired) electrons. The van der Waals surface area contributed by atoms with Crippen molar-refractivity contribution in [2.75, 3.05) is 18.0 Å². The Labute approximate surface area is 161 Å². The van der Waals surface area contributed by atoms with Crippen molar-refractivity contribution in [3.8, 4) is 0 Å². The van der Waals surface area contributed by atoms with E-state index < -0.39 is 4.92 Å². The summed E-state index contributed by atoms with van der Waals surface area (Å²) in [6, 6.07) is 13.0. The molecule has 2 aromatic rings. The van der Waals surface area contributed by atoms with Crippen molar-refractivity contribution in [2.45, 2.75) is 12.8 Å². The van der Waals surface area contributed by atoms with Crippen molar-refractivity contribution in [1.82, 2.24) is 5.32 Å². The van der Waals surface area contributed by atoms with Gasteiger partial charge in [-0.2, -0.15) is 0 Å². The first-order chi connectivity index (χ1) is 12.9. The lowest BCUT2D eigenvalue weighted by atomic mass is 10.1. The van der Waals surface area contributed by atoms with Gasteiger partial charge in [-0.25, -0.2) is 0 Å². The molecular formula is C19H18ClN3O4. The maximum Gasteiger partial charge on any atom is 0.269 e. The summed E-state index contributed by atoms with van der Waals surface area (Å²) in [6.07, 6.45) is 0.514. The second-order valence-electron chi connectivity index (χ2n) is 6.46. The fourth-order valence-corrected chi connectivity index (χ4v) is 3.16. The van der Waals surface area contributed by atoms with Gasteiger partial charge in [0.25, 0.3) is 5.69 Å². The second kappa shape index (κ2) is 8.18. The van der Waals surface area contributed by atoms with E-state index in [9.17, 15) is 19.7 Å². The highest BCUT2D eigenvalue weighted by molar-refractivity contribution is 6.30. The van der Waals surface area contributed by atoms with Gasteiger partial charge in [-0.1, -0.05) is 23.7 Å². The molecule has 1 aliphatic rings. The van der Waals surface area contributed by atoms with Crippen LogP contribution >= 0.6 is 11.6 Å². The van der Waals surface area contributed by atoms with Crippen LogP contribution in [0.1, 0.15) is 12.0 Å². The van der Waals surface area contributed by atoms with Crippen LogP contribution in [0.25, 0.3) is 0 Å². The summed E-state index contributed by atoms with van der Waals surface area (Å²) < 4.78 is 0. The lowest BCUT2D eigenvalue weighted by Crippen LogP contribution is -2.32. The molecule has 1 N–H and O–H groups in total. The maximum atomic E-state index is 12.2. The Balaban J connectivity index is 1.50. The first kappa shape index (κ1) is 18.8. The Hall–Kier alpha value is -2.93. The number of nitro benzene ring substituents is 1. The molecule has 1 fully saturated rings. The van der Waals surface area contributed by atoms with Crippen LogP contribution in [0.4, 0.5) is 11.4 Å². The number of hydrogen-bond donors (Lipinski definition) is 1.